The van der Waals surface area contributed by atoms with Gasteiger partial charge in [0.25, 0.3) is 6.43 Å². The summed E-state index contributed by atoms with van der Waals surface area (Å²) in [6.45, 7) is -1.06. The zero-order valence-corrected chi connectivity index (χ0v) is 27.6. The van der Waals surface area contributed by atoms with E-state index in [1.54, 1.807) is 6.07 Å². The number of Topliss-reactive ketones (excluding diaryl/α,β-unsaturated/α-hetero) is 1. The Morgan fingerprint density at radius 3 is 2.41 bits per heavy atom. The molecule has 2 fully saturated rings. The van der Waals surface area contributed by atoms with E-state index in [1.165, 1.54) is 12.1 Å². The number of carbonyl (C=O) groups is 2. The minimum atomic E-state index is -4.18. The molecule has 17 heteroatoms. The number of aromatic amines is 1. The monoisotopic (exact) mass is 739 g/mol. The number of aromatic nitrogens is 3. The van der Waals surface area contributed by atoms with Gasteiger partial charge in [-0.3, -0.25) is 9.59 Å². The first-order chi connectivity index (χ1) is 23.1. The van der Waals surface area contributed by atoms with Gasteiger partial charge in [0.1, 0.15) is 0 Å². The van der Waals surface area contributed by atoms with Gasteiger partial charge in [-0.2, -0.15) is 23.1 Å². The second-order valence-corrected chi connectivity index (χ2v) is 13.5. The molecule has 2 aromatic heterocycles. The van der Waals surface area contributed by atoms with Gasteiger partial charge in [0.2, 0.25) is 23.7 Å². The van der Waals surface area contributed by atoms with Crippen molar-refractivity contribution in [1.82, 2.24) is 20.3 Å². The van der Waals surface area contributed by atoms with Crippen molar-refractivity contribution in [2.24, 2.45) is 17.8 Å². The number of nitrogens with zero attached hydrogens (tertiary/aromatic N) is 2. The van der Waals surface area contributed by atoms with Crippen LogP contribution in [-0.4, -0.2) is 51.8 Å². The zero-order valence-electron chi connectivity index (χ0n) is 26.0. The van der Waals surface area contributed by atoms with E-state index in [1.807, 2.05) is 0 Å². The predicted octanol–water partition coefficient (Wildman–Crippen LogP) is 9.43. The lowest BCUT2D eigenvalue weighted by atomic mass is 9.78. The topological polar surface area (TPSA) is 109 Å². The largest absolute Gasteiger partial charge is 0.471 e. The molecule has 3 aromatic rings. The number of pyridine rings is 1. The highest BCUT2D eigenvalue weighted by Crippen LogP contribution is 2.43. The first kappa shape index (κ1) is 36.9. The number of imidazole rings is 1. The van der Waals surface area contributed by atoms with Crippen LogP contribution in [0.3, 0.4) is 0 Å². The van der Waals surface area contributed by atoms with Crippen LogP contribution in [0.25, 0.3) is 11.2 Å². The van der Waals surface area contributed by atoms with Gasteiger partial charge in [-0.1, -0.05) is 48.5 Å². The fourth-order valence-electron chi connectivity index (χ4n) is 6.31. The summed E-state index contributed by atoms with van der Waals surface area (Å²) in [4.78, 5) is 36.9. The maximum Gasteiger partial charge on any atom is 0.389 e. The van der Waals surface area contributed by atoms with Crippen molar-refractivity contribution in [3.63, 3.8) is 0 Å². The normalized spacial score (nSPS) is 19.6. The molecule has 49 heavy (non-hydrogen) atoms. The zero-order chi connectivity index (χ0) is 35.5. The van der Waals surface area contributed by atoms with Crippen molar-refractivity contribution in [2.45, 2.75) is 89.3 Å². The summed E-state index contributed by atoms with van der Waals surface area (Å²) in [6.07, 6.45) is -5.38. The molecule has 0 aliphatic heterocycles. The number of ether oxygens (including phenoxy) is 1. The third-order valence-electron chi connectivity index (χ3n) is 8.92. The maximum atomic E-state index is 13.3. The Bertz CT molecular complexity index is 1650. The second-order valence-electron chi connectivity index (χ2n) is 12.7. The minimum Gasteiger partial charge on any atom is -0.471 e. The molecule has 2 aliphatic carbocycles. The molecule has 5 rings (SSSR count). The van der Waals surface area contributed by atoms with Crippen LogP contribution in [-0.2, 0) is 11.3 Å². The number of ketones is 1. The molecule has 2 heterocycles. The number of hydrogen-bond donors (Lipinski definition) is 3. The van der Waals surface area contributed by atoms with Crippen molar-refractivity contribution in [1.29, 1.82) is 0 Å². The summed E-state index contributed by atoms with van der Waals surface area (Å²) < 4.78 is 95.7. The Morgan fingerprint density at radius 2 is 1.76 bits per heavy atom. The van der Waals surface area contributed by atoms with Crippen LogP contribution in [0.4, 0.5) is 42.4 Å². The molecule has 1 aromatic carbocycles. The van der Waals surface area contributed by atoms with Crippen LogP contribution in [0.1, 0.15) is 80.1 Å². The van der Waals surface area contributed by atoms with Gasteiger partial charge in [0, 0.05) is 38.1 Å². The van der Waals surface area contributed by atoms with Crippen molar-refractivity contribution < 1.29 is 45.1 Å². The van der Waals surface area contributed by atoms with Crippen LogP contribution in [0.2, 0.25) is 10.0 Å². The average Bonchev–Trinajstić information content (AvgIpc) is 3.41. The Labute approximate surface area is 286 Å². The molecule has 0 spiro atoms. The maximum absolute atomic E-state index is 13.3. The standard InChI is InChI=1S/C32H34Cl2F7N5O3/c33-21-9-8-18(14-42-28(48)19-12-31(37,38)13-19)25(34)26(21)44-30-43-22-10-20(29(45-27(22)46-30)49-15-24(35)36)23(47)3-1-2-16-4-6-17(7-5-16)11-32(39,40)41/h8-10,16-17,19,24H,1-7,11-15H2,(H,42,48)(H2,43,44,45,46). The number of amides is 1. The van der Waals surface area contributed by atoms with Gasteiger partial charge in [-0.05, 0) is 48.8 Å². The number of nitrogens with one attached hydrogen (secondary N) is 3. The van der Waals surface area contributed by atoms with Crippen LogP contribution in [0, 0.1) is 17.8 Å². The molecular formula is C32H34Cl2F7N5O3. The van der Waals surface area contributed by atoms with E-state index in [9.17, 15) is 40.3 Å². The number of hydrogen-bond acceptors (Lipinski definition) is 6. The van der Waals surface area contributed by atoms with Crippen LogP contribution >= 0.6 is 23.2 Å². The number of benzene rings is 1. The molecule has 8 nitrogen and oxygen atoms in total. The number of H-pyrrole nitrogens is 1. The third kappa shape index (κ3) is 9.89. The van der Waals surface area contributed by atoms with Gasteiger partial charge < -0.3 is 20.4 Å². The summed E-state index contributed by atoms with van der Waals surface area (Å²) in [7, 11) is 0. The van der Waals surface area contributed by atoms with Gasteiger partial charge in [-0.15, -0.1) is 0 Å². The van der Waals surface area contributed by atoms with Crippen molar-refractivity contribution in [2.75, 3.05) is 11.9 Å². The summed E-state index contributed by atoms with van der Waals surface area (Å²) in [6, 6.07) is 4.47. The van der Waals surface area contributed by atoms with E-state index >= 15 is 0 Å². The van der Waals surface area contributed by atoms with Crippen molar-refractivity contribution in [3.05, 3.63) is 39.4 Å². The van der Waals surface area contributed by atoms with Crippen LogP contribution in [0.15, 0.2) is 18.2 Å². The highest BCUT2D eigenvalue weighted by molar-refractivity contribution is 6.39. The molecule has 0 radical (unpaired) electrons. The van der Waals surface area contributed by atoms with E-state index in [4.69, 9.17) is 27.9 Å². The van der Waals surface area contributed by atoms with E-state index in [-0.39, 0.29) is 69.1 Å². The smallest absolute Gasteiger partial charge is 0.389 e. The Balaban J connectivity index is 1.25. The Morgan fingerprint density at radius 1 is 1.06 bits per heavy atom. The summed E-state index contributed by atoms with van der Waals surface area (Å²) >= 11 is 12.9. The quantitative estimate of drug-likeness (QED) is 0.112. The van der Waals surface area contributed by atoms with E-state index in [0.29, 0.717) is 44.1 Å². The lowest BCUT2D eigenvalue weighted by Gasteiger charge is -2.33. The Kier molecular flexibility index (Phi) is 11.5. The molecule has 0 bridgehead atoms. The van der Waals surface area contributed by atoms with Crippen LogP contribution in [0.5, 0.6) is 5.88 Å². The molecular weight excluding hydrogens is 706 g/mol. The number of fused-ring (bicyclic) bond motifs is 1. The fourth-order valence-corrected chi connectivity index (χ4v) is 6.84. The lowest BCUT2D eigenvalue weighted by molar-refractivity contribution is -0.150. The van der Waals surface area contributed by atoms with Crippen LogP contribution < -0.4 is 15.4 Å². The number of carbonyl (C=O) groups excluding carboxylic acids is 2. The summed E-state index contributed by atoms with van der Waals surface area (Å²) in [5, 5.41) is 5.82. The van der Waals surface area contributed by atoms with Crippen molar-refractivity contribution >= 4 is 57.7 Å². The number of alkyl halides is 7. The number of halogens is 9. The SMILES string of the molecule is O=C(CCCC1CCC(CC(F)(F)F)CC1)c1cc2[nH]c(Nc3c(Cl)ccc(CNC(=O)C4CC(F)(F)C4)c3Cl)nc2nc1OCC(F)F. The Hall–Kier alpha value is -3.33. The molecule has 0 unspecified atom stereocenters. The molecule has 3 N–H and O–H groups in total. The summed E-state index contributed by atoms with van der Waals surface area (Å²) in [5.41, 5.74) is 0.905. The highest BCUT2D eigenvalue weighted by Gasteiger charge is 2.48. The lowest BCUT2D eigenvalue weighted by Crippen LogP contribution is -2.44. The highest BCUT2D eigenvalue weighted by atomic mass is 35.5. The third-order valence-corrected chi connectivity index (χ3v) is 9.66. The van der Waals surface area contributed by atoms with E-state index in [2.05, 4.69) is 25.6 Å². The second kappa shape index (κ2) is 15.3. The number of rotatable bonds is 14. The van der Waals surface area contributed by atoms with Gasteiger partial charge >= 0.3 is 6.18 Å². The fraction of sp³-hybridized carbons (Fsp3) is 0.562. The van der Waals surface area contributed by atoms with Gasteiger partial charge in [-0.25, -0.2) is 17.6 Å². The van der Waals surface area contributed by atoms with Gasteiger partial charge in [0.15, 0.2) is 18.0 Å². The minimum absolute atomic E-state index is 0.0322. The molecule has 0 saturated heterocycles. The predicted molar refractivity (Wildman–Crippen MR) is 169 cm³/mol. The molecule has 268 valence electrons. The first-order valence-corrected chi connectivity index (χ1v) is 16.6. The molecule has 1 amide bonds. The van der Waals surface area contributed by atoms with E-state index < -0.39 is 62.0 Å². The first-order valence-electron chi connectivity index (χ1n) is 15.9. The molecule has 2 saturated carbocycles. The average molecular weight is 741 g/mol. The molecule has 0 atom stereocenters. The number of anilines is 2. The van der Waals surface area contributed by atoms with Crippen molar-refractivity contribution in [3.8, 4) is 5.88 Å². The van der Waals surface area contributed by atoms with E-state index in [0.717, 1.165) is 0 Å². The molecule has 2 aliphatic rings. The summed E-state index contributed by atoms with van der Waals surface area (Å²) in [5.74, 6) is -4.95. The van der Waals surface area contributed by atoms with Gasteiger partial charge in [0.05, 0.1) is 26.8 Å².